The van der Waals surface area contributed by atoms with Crippen LogP contribution >= 0.6 is 0 Å². The normalized spacial score (nSPS) is 15.7. The fourth-order valence-electron chi connectivity index (χ4n) is 2.05. The molecule has 1 aliphatic heterocycles. The number of hydrogen-bond donors (Lipinski definition) is 1. The van der Waals surface area contributed by atoms with E-state index >= 15 is 0 Å². The first kappa shape index (κ1) is 13.8. The first-order valence-electron chi connectivity index (χ1n) is 6.68. The highest BCUT2D eigenvalue weighted by Crippen LogP contribution is 2.19. The molecule has 2 rings (SSSR count). The van der Waals surface area contributed by atoms with Crippen molar-refractivity contribution < 1.29 is 9.53 Å². The number of carbonyl (C=O) groups excluding carboxylic acids is 1. The van der Waals surface area contributed by atoms with Crippen LogP contribution in [0, 0.1) is 0 Å². The van der Waals surface area contributed by atoms with Gasteiger partial charge in [-0.3, -0.25) is 4.79 Å². The van der Waals surface area contributed by atoms with E-state index in [9.17, 15) is 4.79 Å². The van der Waals surface area contributed by atoms with Gasteiger partial charge in [-0.25, -0.2) is 4.98 Å². The van der Waals surface area contributed by atoms with Crippen LogP contribution in [0.3, 0.4) is 0 Å². The van der Waals surface area contributed by atoms with Gasteiger partial charge in [-0.2, -0.15) is 0 Å². The zero-order valence-electron chi connectivity index (χ0n) is 11.8. The Morgan fingerprint density at radius 2 is 2.05 bits per heavy atom. The minimum atomic E-state index is 0.0594. The van der Waals surface area contributed by atoms with Gasteiger partial charge in [-0.1, -0.05) is 13.8 Å². The molecule has 1 amide bonds. The molecule has 1 aromatic rings. The van der Waals surface area contributed by atoms with Gasteiger partial charge in [0.25, 0.3) is 5.91 Å². The van der Waals surface area contributed by atoms with Crippen molar-refractivity contribution in [2.45, 2.75) is 19.8 Å². The molecule has 5 heteroatoms. The molecule has 1 saturated heterocycles. The van der Waals surface area contributed by atoms with E-state index in [-0.39, 0.29) is 5.91 Å². The molecule has 104 valence electrons. The predicted molar refractivity (Wildman–Crippen MR) is 74.6 cm³/mol. The van der Waals surface area contributed by atoms with Gasteiger partial charge in [0.15, 0.2) is 0 Å². The van der Waals surface area contributed by atoms with Crippen LogP contribution in [0.15, 0.2) is 12.1 Å². The number of amides is 1. The van der Waals surface area contributed by atoms with E-state index in [1.165, 1.54) is 0 Å². The number of anilines is 1. The Balaban J connectivity index is 2.26. The summed E-state index contributed by atoms with van der Waals surface area (Å²) in [5.41, 5.74) is 1.63. The molecule has 0 saturated carbocycles. The van der Waals surface area contributed by atoms with Crippen molar-refractivity contribution in [3.8, 4) is 0 Å². The lowest BCUT2D eigenvalue weighted by atomic mass is 10.1. The lowest BCUT2D eigenvalue weighted by Gasteiger charge is -2.27. The number of rotatable bonds is 3. The predicted octanol–water partition coefficient (Wildman–Crippen LogP) is 1.72. The lowest BCUT2D eigenvalue weighted by molar-refractivity contribution is 0.0303. The van der Waals surface area contributed by atoms with E-state index in [1.54, 1.807) is 0 Å². The largest absolute Gasteiger partial charge is 0.378 e. The number of morpholine rings is 1. The molecule has 0 aromatic carbocycles. The SMILES string of the molecule is CNc1cc(C(=O)N2CCOCC2)cc(C(C)C)n1. The van der Waals surface area contributed by atoms with Crippen molar-refractivity contribution in [2.24, 2.45) is 0 Å². The van der Waals surface area contributed by atoms with Crippen molar-refractivity contribution >= 4 is 11.7 Å². The quantitative estimate of drug-likeness (QED) is 0.902. The Morgan fingerprint density at radius 1 is 1.37 bits per heavy atom. The molecule has 1 aromatic heterocycles. The third-order valence-electron chi connectivity index (χ3n) is 3.24. The maximum Gasteiger partial charge on any atom is 0.254 e. The summed E-state index contributed by atoms with van der Waals surface area (Å²) in [4.78, 5) is 18.8. The number of pyridine rings is 1. The summed E-state index contributed by atoms with van der Waals surface area (Å²) in [5, 5.41) is 3.01. The summed E-state index contributed by atoms with van der Waals surface area (Å²) in [6.07, 6.45) is 0. The number of ether oxygens (including phenoxy) is 1. The lowest BCUT2D eigenvalue weighted by Crippen LogP contribution is -2.40. The fourth-order valence-corrected chi connectivity index (χ4v) is 2.05. The molecule has 0 radical (unpaired) electrons. The highest BCUT2D eigenvalue weighted by atomic mass is 16.5. The zero-order chi connectivity index (χ0) is 13.8. The highest BCUT2D eigenvalue weighted by molar-refractivity contribution is 5.95. The minimum absolute atomic E-state index is 0.0594. The first-order chi connectivity index (χ1) is 9.11. The van der Waals surface area contributed by atoms with Crippen molar-refractivity contribution in [3.63, 3.8) is 0 Å². The van der Waals surface area contributed by atoms with Crippen LogP contribution < -0.4 is 5.32 Å². The molecule has 0 bridgehead atoms. The molecular formula is C14H21N3O2. The van der Waals surface area contributed by atoms with Crippen LogP contribution in [0.5, 0.6) is 0 Å². The second kappa shape index (κ2) is 6.02. The van der Waals surface area contributed by atoms with Crippen LogP contribution in [0.4, 0.5) is 5.82 Å². The van der Waals surface area contributed by atoms with Crippen LogP contribution in [-0.4, -0.2) is 49.1 Å². The van der Waals surface area contributed by atoms with Gasteiger partial charge in [-0.05, 0) is 18.1 Å². The monoisotopic (exact) mass is 263 g/mol. The van der Waals surface area contributed by atoms with Gasteiger partial charge in [0.1, 0.15) is 5.82 Å². The summed E-state index contributed by atoms with van der Waals surface area (Å²) >= 11 is 0. The molecule has 1 aliphatic rings. The zero-order valence-corrected chi connectivity index (χ0v) is 11.8. The highest BCUT2D eigenvalue weighted by Gasteiger charge is 2.20. The second-order valence-corrected chi connectivity index (χ2v) is 4.98. The maximum absolute atomic E-state index is 12.5. The molecule has 0 unspecified atom stereocenters. The van der Waals surface area contributed by atoms with Gasteiger partial charge >= 0.3 is 0 Å². The maximum atomic E-state index is 12.5. The van der Waals surface area contributed by atoms with Gasteiger partial charge in [0.2, 0.25) is 0 Å². The van der Waals surface area contributed by atoms with E-state index in [1.807, 2.05) is 24.1 Å². The van der Waals surface area contributed by atoms with E-state index < -0.39 is 0 Å². The molecule has 2 heterocycles. The number of nitrogens with one attached hydrogen (secondary N) is 1. The van der Waals surface area contributed by atoms with E-state index in [0.717, 1.165) is 11.5 Å². The molecule has 0 aliphatic carbocycles. The third-order valence-corrected chi connectivity index (χ3v) is 3.24. The Bertz CT molecular complexity index is 454. The Labute approximate surface area is 114 Å². The van der Waals surface area contributed by atoms with Gasteiger partial charge in [0.05, 0.1) is 13.2 Å². The molecule has 0 spiro atoms. The van der Waals surface area contributed by atoms with Crippen LogP contribution in [0.1, 0.15) is 35.8 Å². The number of nitrogens with zero attached hydrogens (tertiary/aromatic N) is 2. The topological polar surface area (TPSA) is 54.5 Å². The number of hydrogen-bond acceptors (Lipinski definition) is 4. The van der Waals surface area contributed by atoms with Crippen molar-refractivity contribution in [1.29, 1.82) is 0 Å². The third kappa shape index (κ3) is 3.23. The summed E-state index contributed by atoms with van der Waals surface area (Å²) in [6, 6.07) is 3.70. The molecule has 1 fully saturated rings. The average Bonchev–Trinajstić information content (AvgIpc) is 2.46. The van der Waals surface area contributed by atoms with E-state index in [0.29, 0.717) is 37.8 Å². The molecular weight excluding hydrogens is 242 g/mol. The Morgan fingerprint density at radius 3 is 2.63 bits per heavy atom. The number of carbonyl (C=O) groups is 1. The second-order valence-electron chi connectivity index (χ2n) is 4.98. The van der Waals surface area contributed by atoms with E-state index in [4.69, 9.17) is 4.74 Å². The minimum Gasteiger partial charge on any atom is -0.378 e. The Kier molecular flexibility index (Phi) is 4.37. The van der Waals surface area contributed by atoms with Crippen LogP contribution in [0.25, 0.3) is 0 Å². The number of aromatic nitrogens is 1. The van der Waals surface area contributed by atoms with Gasteiger partial charge < -0.3 is 15.0 Å². The van der Waals surface area contributed by atoms with Crippen molar-refractivity contribution in [2.75, 3.05) is 38.7 Å². The summed E-state index contributed by atoms with van der Waals surface area (Å²) in [7, 11) is 1.81. The van der Waals surface area contributed by atoms with Crippen LogP contribution in [-0.2, 0) is 4.74 Å². The smallest absolute Gasteiger partial charge is 0.254 e. The molecule has 1 N–H and O–H groups in total. The Hall–Kier alpha value is -1.62. The molecule has 5 nitrogen and oxygen atoms in total. The molecule has 0 atom stereocenters. The van der Waals surface area contributed by atoms with E-state index in [2.05, 4.69) is 24.1 Å². The summed E-state index contributed by atoms with van der Waals surface area (Å²) in [5.74, 6) is 1.09. The standard InChI is InChI=1S/C14H21N3O2/c1-10(2)12-8-11(9-13(15-3)16-12)14(18)17-4-6-19-7-5-17/h8-10H,4-7H2,1-3H3,(H,15,16). The summed E-state index contributed by atoms with van der Waals surface area (Å²) in [6.45, 7) is 6.70. The fraction of sp³-hybridized carbons (Fsp3) is 0.571. The summed E-state index contributed by atoms with van der Waals surface area (Å²) < 4.78 is 5.27. The van der Waals surface area contributed by atoms with Crippen molar-refractivity contribution in [3.05, 3.63) is 23.4 Å². The van der Waals surface area contributed by atoms with Gasteiger partial charge in [0, 0.05) is 31.4 Å². The molecule has 19 heavy (non-hydrogen) atoms. The van der Waals surface area contributed by atoms with Gasteiger partial charge in [-0.15, -0.1) is 0 Å². The van der Waals surface area contributed by atoms with Crippen molar-refractivity contribution in [1.82, 2.24) is 9.88 Å². The first-order valence-corrected chi connectivity index (χ1v) is 6.68. The average molecular weight is 263 g/mol. The van der Waals surface area contributed by atoms with Crippen LogP contribution in [0.2, 0.25) is 0 Å².